The molecule has 4 aromatic rings. The molecular weight excluding hydrogens is 533 g/mol. The Hall–Kier alpha value is -2.90. The van der Waals surface area contributed by atoms with Gasteiger partial charge < -0.3 is 10.4 Å². The van der Waals surface area contributed by atoms with E-state index in [0.717, 1.165) is 11.1 Å². The molecule has 2 aromatic heterocycles. The molecule has 0 bridgehead atoms. The average molecular weight is 559 g/mol. The molecule has 0 aliphatic carbocycles. The van der Waals surface area contributed by atoms with Gasteiger partial charge in [0.2, 0.25) is 0 Å². The number of nitrogens with zero attached hydrogens (tertiary/aromatic N) is 2. The number of carbonyl (C=O) groups excluding carboxylic acids is 1. The van der Waals surface area contributed by atoms with E-state index in [1.54, 1.807) is 41.8 Å². The molecule has 0 aliphatic rings. The van der Waals surface area contributed by atoms with Gasteiger partial charge in [-0.05, 0) is 61.7 Å². The van der Waals surface area contributed by atoms with Crippen molar-refractivity contribution < 1.29 is 9.90 Å². The second kappa shape index (κ2) is 10.8. The van der Waals surface area contributed by atoms with E-state index < -0.39 is 12.0 Å². The van der Waals surface area contributed by atoms with Gasteiger partial charge in [-0.3, -0.25) is 14.2 Å². The number of fused-ring (bicyclic) bond motifs is 1. The van der Waals surface area contributed by atoms with E-state index in [-0.39, 0.29) is 11.5 Å². The molecule has 37 heavy (non-hydrogen) atoms. The standard InChI is InChI=1S/C28H26Cl3N3O3/c1-14(2)13-34-26-22(24(15(3)28(34)37)33-27(36)16(4)35)12-21(17-5-7-18(29)8-6-17)25(32-26)20-10-9-19(30)11-23(20)31/h5-12,14,16,35H,13H2,1-4H3,(H,33,36). The van der Waals surface area contributed by atoms with Crippen molar-refractivity contribution in [1.82, 2.24) is 9.55 Å². The van der Waals surface area contributed by atoms with Crippen molar-refractivity contribution in [3.8, 4) is 22.4 Å². The molecule has 1 amide bonds. The van der Waals surface area contributed by atoms with Gasteiger partial charge in [-0.2, -0.15) is 0 Å². The maximum absolute atomic E-state index is 13.5. The van der Waals surface area contributed by atoms with E-state index in [1.165, 1.54) is 6.92 Å². The van der Waals surface area contributed by atoms with Crippen molar-refractivity contribution in [1.29, 1.82) is 0 Å². The van der Waals surface area contributed by atoms with Gasteiger partial charge in [-0.1, -0.05) is 60.8 Å². The van der Waals surface area contributed by atoms with Gasteiger partial charge in [-0.25, -0.2) is 4.98 Å². The predicted octanol–water partition coefficient (Wildman–Crippen LogP) is 6.97. The summed E-state index contributed by atoms with van der Waals surface area (Å²) in [4.78, 5) is 31.0. The minimum atomic E-state index is -1.26. The average Bonchev–Trinajstić information content (AvgIpc) is 2.84. The van der Waals surface area contributed by atoms with Crippen LogP contribution in [0.15, 0.2) is 53.3 Å². The highest BCUT2D eigenvalue weighted by atomic mass is 35.5. The molecule has 2 N–H and O–H groups in total. The number of benzene rings is 2. The summed E-state index contributed by atoms with van der Waals surface area (Å²) in [5.74, 6) is -0.471. The zero-order valence-corrected chi connectivity index (χ0v) is 23.0. The Balaban J connectivity index is 2.16. The quantitative estimate of drug-likeness (QED) is 0.267. The second-order valence-corrected chi connectivity index (χ2v) is 10.6. The van der Waals surface area contributed by atoms with E-state index in [0.29, 0.717) is 55.2 Å². The van der Waals surface area contributed by atoms with Crippen LogP contribution in [0.3, 0.4) is 0 Å². The molecule has 192 valence electrons. The fraction of sp³-hybridized carbons (Fsp3) is 0.250. The zero-order valence-electron chi connectivity index (χ0n) is 20.8. The van der Waals surface area contributed by atoms with Gasteiger partial charge in [0.25, 0.3) is 11.5 Å². The first-order chi connectivity index (χ1) is 17.5. The second-order valence-electron chi connectivity index (χ2n) is 9.36. The first-order valence-electron chi connectivity index (χ1n) is 11.8. The highest BCUT2D eigenvalue weighted by molar-refractivity contribution is 6.36. The van der Waals surface area contributed by atoms with Gasteiger partial charge in [0.15, 0.2) is 0 Å². The molecule has 0 aliphatic heterocycles. The smallest absolute Gasteiger partial charge is 0.257 e. The molecule has 4 rings (SSSR count). The molecule has 0 saturated carbocycles. The molecule has 1 unspecified atom stereocenters. The predicted molar refractivity (Wildman–Crippen MR) is 152 cm³/mol. The number of halogens is 3. The number of carbonyl (C=O) groups is 1. The monoisotopic (exact) mass is 557 g/mol. The third-order valence-corrected chi connectivity index (χ3v) is 6.78. The molecule has 0 fully saturated rings. The van der Waals surface area contributed by atoms with Gasteiger partial charge >= 0.3 is 0 Å². The highest BCUT2D eigenvalue weighted by Gasteiger charge is 2.23. The maximum Gasteiger partial charge on any atom is 0.257 e. The largest absolute Gasteiger partial charge is 0.384 e. The fourth-order valence-electron chi connectivity index (χ4n) is 4.16. The third kappa shape index (κ3) is 5.53. The number of anilines is 1. The van der Waals surface area contributed by atoms with Crippen LogP contribution in [0.5, 0.6) is 0 Å². The molecule has 0 radical (unpaired) electrons. The van der Waals surface area contributed by atoms with Crippen molar-refractivity contribution in [3.63, 3.8) is 0 Å². The molecule has 1 atom stereocenters. The van der Waals surface area contributed by atoms with Gasteiger partial charge in [0.05, 0.1) is 16.4 Å². The number of rotatable bonds is 6. The lowest BCUT2D eigenvalue weighted by molar-refractivity contribution is -0.123. The van der Waals surface area contributed by atoms with Crippen molar-refractivity contribution in [2.45, 2.75) is 40.3 Å². The SMILES string of the molecule is Cc1c(NC(=O)C(C)O)c2cc(-c3ccc(Cl)cc3)c(-c3ccc(Cl)cc3Cl)nc2n(CC(C)C)c1=O. The Morgan fingerprint density at radius 1 is 1.00 bits per heavy atom. The first-order valence-corrected chi connectivity index (χ1v) is 12.9. The fourth-order valence-corrected chi connectivity index (χ4v) is 4.78. The van der Waals surface area contributed by atoms with Crippen molar-refractivity contribution >= 4 is 57.4 Å². The summed E-state index contributed by atoms with van der Waals surface area (Å²) < 4.78 is 1.62. The molecular formula is C28H26Cl3N3O3. The molecule has 0 spiro atoms. The van der Waals surface area contributed by atoms with E-state index in [2.05, 4.69) is 5.32 Å². The van der Waals surface area contributed by atoms with Crippen LogP contribution in [0.2, 0.25) is 15.1 Å². The number of hydrogen-bond donors (Lipinski definition) is 2. The number of aliphatic hydroxyl groups excluding tert-OH is 1. The van der Waals surface area contributed by atoms with Crippen molar-refractivity contribution in [3.05, 3.63) is 79.5 Å². The van der Waals surface area contributed by atoms with Crippen LogP contribution in [0.25, 0.3) is 33.4 Å². The summed E-state index contributed by atoms with van der Waals surface area (Å²) in [7, 11) is 0. The van der Waals surface area contributed by atoms with E-state index in [9.17, 15) is 14.7 Å². The topological polar surface area (TPSA) is 84.2 Å². The Morgan fingerprint density at radius 3 is 2.24 bits per heavy atom. The third-order valence-electron chi connectivity index (χ3n) is 5.99. The zero-order chi connectivity index (χ0) is 27.0. The Kier molecular flexibility index (Phi) is 7.95. The summed E-state index contributed by atoms with van der Waals surface area (Å²) in [5.41, 5.74) is 3.49. The van der Waals surface area contributed by atoms with Gasteiger partial charge in [-0.15, -0.1) is 0 Å². The normalized spacial score (nSPS) is 12.2. The van der Waals surface area contributed by atoms with Crippen LogP contribution >= 0.6 is 34.8 Å². The van der Waals surface area contributed by atoms with Crippen LogP contribution < -0.4 is 10.9 Å². The van der Waals surface area contributed by atoms with E-state index >= 15 is 0 Å². The number of hydrogen-bond acceptors (Lipinski definition) is 4. The Morgan fingerprint density at radius 2 is 1.65 bits per heavy atom. The minimum absolute atomic E-state index is 0.151. The summed E-state index contributed by atoms with van der Waals surface area (Å²) in [6.07, 6.45) is -1.26. The number of aromatic nitrogens is 2. The molecule has 2 heterocycles. The van der Waals surface area contributed by atoms with Crippen LogP contribution in [-0.4, -0.2) is 26.7 Å². The molecule has 6 nitrogen and oxygen atoms in total. The van der Waals surface area contributed by atoms with Crippen LogP contribution in [0.1, 0.15) is 26.3 Å². The Bertz CT molecular complexity index is 1560. The first kappa shape index (κ1) is 27.1. The number of amides is 1. The van der Waals surface area contributed by atoms with Crippen molar-refractivity contribution in [2.24, 2.45) is 5.92 Å². The minimum Gasteiger partial charge on any atom is -0.384 e. The lowest BCUT2D eigenvalue weighted by Gasteiger charge is -2.21. The molecule has 2 aromatic carbocycles. The molecule has 9 heteroatoms. The highest BCUT2D eigenvalue weighted by Crippen LogP contribution is 2.39. The summed E-state index contributed by atoms with van der Waals surface area (Å²) >= 11 is 18.9. The van der Waals surface area contributed by atoms with Crippen LogP contribution in [-0.2, 0) is 11.3 Å². The summed E-state index contributed by atoms with van der Waals surface area (Å²) in [6.45, 7) is 7.46. The van der Waals surface area contributed by atoms with Crippen LogP contribution in [0.4, 0.5) is 5.69 Å². The summed E-state index contributed by atoms with van der Waals surface area (Å²) in [6, 6.07) is 14.3. The lowest BCUT2D eigenvalue weighted by Crippen LogP contribution is -2.30. The lowest BCUT2D eigenvalue weighted by atomic mass is 9.97. The molecule has 0 saturated heterocycles. The van der Waals surface area contributed by atoms with E-state index in [1.807, 2.05) is 32.0 Å². The van der Waals surface area contributed by atoms with Crippen LogP contribution in [0, 0.1) is 12.8 Å². The number of nitrogens with one attached hydrogen (secondary N) is 1. The number of pyridine rings is 2. The Labute approximate surface area is 229 Å². The number of aliphatic hydroxyl groups is 1. The van der Waals surface area contributed by atoms with Gasteiger partial charge in [0.1, 0.15) is 11.8 Å². The van der Waals surface area contributed by atoms with Gasteiger partial charge in [0, 0.05) is 38.7 Å². The maximum atomic E-state index is 13.5. The van der Waals surface area contributed by atoms with E-state index in [4.69, 9.17) is 39.8 Å². The summed E-state index contributed by atoms with van der Waals surface area (Å²) in [5, 5.41) is 14.6. The van der Waals surface area contributed by atoms with Crippen molar-refractivity contribution in [2.75, 3.05) is 5.32 Å².